The summed E-state index contributed by atoms with van der Waals surface area (Å²) in [5.41, 5.74) is 1.44. The summed E-state index contributed by atoms with van der Waals surface area (Å²) in [6, 6.07) is 5.54. The highest BCUT2D eigenvalue weighted by Gasteiger charge is 2.18. The molecule has 3 aromatic rings. The van der Waals surface area contributed by atoms with Crippen molar-refractivity contribution >= 4 is 27.5 Å². The predicted octanol–water partition coefficient (Wildman–Crippen LogP) is 2.92. The zero-order valence-corrected chi connectivity index (χ0v) is 13.7. The van der Waals surface area contributed by atoms with E-state index < -0.39 is 0 Å². The van der Waals surface area contributed by atoms with Crippen LogP contribution in [-0.4, -0.2) is 17.3 Å². The molecule has 3 heterocycles. The van der Waals surface area contributed by atoms with Crippen LogP contribution >= 0.6 is 11.3 Å². The van der Waals surface area contributed by atoms with Gasteiger partial charge in [0.2, 0.25) is 6.79 Å². The van der Waals surface area contributed by atoms with Gasteiger partial charge in [0.25, 0.3) is 5.91 Å². The Morgan fingerprint density at radius 1 is 1.22 bits per heavy atom. The Bertz CT molecular complexity index is 1010. The summed E-state index contributed by atoms with van der Waals surface area (Å²) in [7, 11) is 1.88. The monoisotopic (exact) mass is 330 g/mol. The number of nitrogens with zero attached hydrogens (tertiary/aromatic N) is 2. The summed E-state index contributed by atoms with van der Waals surface area (Å²) in [6.07, 6.45) is 0. The summed E-state index contributed by atoms with van der Waals surface area (Å²) < 4.78 is 19.1. The quantitative estimate of drug-likeness (QED) is 0.688. The Balaban J connectivity index is 1.84. The fourth-order valence-corrected chi connectivity index (χ4v) is 3.64. The molecule has 1 aliphatic rings. The largest absolute Gasteiger partial charge is 0.466 e. The molecule has 0 fully saturated rings. The van der Waals surface area contributed by atoms with Gasteiger partial charge in [-0.05, 0) is 19.9 Å². The molecule has 1 aliphatic heterocycles. The molecule has 118 valence electrons. The lowest BCUT2D eigenvalue weighted by atomic mass is 10.2. The van der Waals surface area contributed by atoms with Crippen molar-refractivity contribution in [2.45, 2.75) is 13.8 Å². The topological polar surface area (TPSA) is 66.0 Å². The lowest BCUT2D eigenvalue weighted by Crippen LogP contribution is -2.13. The number of amides is 1. The molecule has 0 unspecified atom stereocenters. The maximum Gasteiger partial charge on any atom is 0.283 e. The molecular formula is C16H14N2O4S. The molecule has 1 aromatic carbocycles. The Morgan fingerprint density at radius 2 is 1.96 bits per heavy atom. The van der Waals surface area contributed by atoms with Crippen LogP contribution in [0.5, 0.6) is 11.5 Å². The number of rotatable bonds is 1. The predicted molar refractivity (Wildman–Crippen MR) is 85.0 cm³/mol. The molecule has 0 saturated carbocycles. The number of fused-ring (bicyclic) bond motifs is 2. The minimum Gasteiger partial charge on any atom is -0.466 e. The van der Waals surface area contributed by atoms with Crippen LogP contribution in [0.15, 0.2) is 27.6 Å². The van der Waals surface area contributed by atoms with Crippen LogP contribution in [0.4, 0.5) is 0 Å². The number of hydrogen-bond donors (Lipinski definition) is 0. The highest BCUT2D eigenvalue weighted by molar-refractivity contribution is 7.16. The summed E-state index contributed by atoms with van der Waals surface area (Å²) in [5.74, 6) is 2.42. The summed E-state index contributed by atoms with van der Waals surface area (Å²) in [4.78, 5) is 17.3. The van der Waals surface area contributed by atoms with E-state index in [4.69, 9.17) is 13.9 Å². The van der Waals surface area contributed by atoms with Gasteiger partial charge in [-0.1, -0.05) is 11.3 Å². The van der Waals surface area contributed by atoms with E-state index in [9.17, 15) is 4.79 Å². The first-order valence-electron chi connectivity index (χ1n) is 7.08. The first kappa shape index (κ1) is 14.1. The number of aromatic nitrogens is 1. The van der Waals surface area contributed by atoms with E-state index in [0.717, 1.165) is 16.0 Å². The second-order valence-corrected chi connectivity index (χ2v) is 6.37. The van der Waals surface area contributed by atoms with E-state index >= 15 is 0 Å². The van der Waals surface area contributed by atoms with Crippen molar-refractivity contribution in [1.82, 2.24) is 4.57 Å². The molecule has 2 aromatic heterocycles. The average Bonchev–Trinajstić information content (AvgIpc) is 3.16. The standard InChI is InChI=1S/C16H14N2O4S/c1-8-4-10(9(2)22-8)15(19)17-16-18(3)11-5-12-13(21-7-20-12)6-14(11)23-16/h4-6H,7H2,1-3H3. The molecule has 0 spiro atoms. The highest BCUT2D eigenvalue weighted by atomic mass is 32.1. The van der Waals surface area contributed by atoms with Gasteiger partial charge in [0, 0.05) is 19.2 Å². The van der Waals surface area contributed by atoms with Crippen LogP contribution in [0, 0.1) is 13.8 Å². The smallest absolute Gasteiger partial charge is 0.283 e. The van der Waals surface area contributed by atoms with E-state index in [0.29, 0.717) is 27.6 Å². The minimum atomic E-state index is -0.304. The fourth-order valence-electron chi connectivity index (χ4n) is 2.61. The van der Waals surface area contributed by atoms with Crippen LogP contribution in [0.2, 0.25) is 0 Å². The molecule has 4 rings (SSSR count). The Hall–Kier alpha value is -2.54. The molecular weight excluding hydrogens is 316 g/mol. The molecule has 1 amide bonds. The maximum atomic E-state index is 12.4. The Labute approximate surface area is 135 Å². The fraction of sp³-hybridized carbons (Fsp3) is 0.250. The van der Waals surface area contributed by atoms with Gasteiger partial charge in [0.05, 0.1) is 15.8 Å². The lowest BCUT2D eigenvalue weighted by molar-refractivity contribution is 0.0996. The van der Waals surface area contributed by atoms with Gasteiger partial charge in [-0.15, -0.1) is 0 Å². The second-order valence-electron chi connectivity index (χ2n) is 5.36. The van der Waals surface area contributed by atoms with E-state index in [2.05, 4.69) is 4.99 Å². The van der Waals surface area contributed by atoms with Gasteiger partial charge >= 0.3 is 0 Å². The lowest BCUT2D eigenvalue weighted by Gasteiger charge is -1.98. The number of thiazole rings is 1. The molecule has 7 heteroatoms. The number of carbonyl (C=O) groups excluding carboxylic acids is 1. The van der Waals surface area contributed by atoms with Crippen LogP contribution in [0.1, 0.15) is 21.9 Å². The van der Waals surface area contributed by atoms with Gasteiger partial charge in [-0.2, -0.15) is 4.99 Å². The normalized spacial score (nSPS) is 14.0. The maximum absolute atomic E-state index is 12.4. The summed E-state index contributed by atoms with van der Waals surface area (Å²) in [6.45, 7) is 3.82. The van der Waals surface area contributed by atoms with Gasteiger partial charge in [0.1, 0.15) is 11.5 Å². The molecule has 0 aliphatic carbocycles. The number of benzene rings is 1. The number of aryl methyl sites for hydroxylation is 3. The van der Waals surface area contributed by atoms with Crippen molar-refractivity contribution in [1.29, 1.82) is 0 Å². The molecule has 6 nitrogen and oxygen atoms in total. The third-order valence-electron chi connectivity index (χ3n) is 3.77. The van der Waals surface area contributed by atoms with Crippen molar-refractivity contribution in [2.75, 3.05) is 6.79 Å². The van der Waals surface area contributed by atoms with Crippen LogP contribution in [0.25, 0.3) is 10.2 Å². The molecule has 0 bridgehead atoms. The number of hydrogen-bond acceptors (Lipinski definition) is 5. The second kappa shape index (κ2) is 4.99. The molecule has 0 saturated heterocycles. The van der Waals surface area contributed by atoms with Gasteiger partial charge in [-0.3, -0.25) is 4.79 Å². The van der Waals surface area contributed by atoms with E-state index in [1.165, 1.54) is 11.3 Å². The first-order valence-corrected chi connectivity index (χ1v) is 7.90. The Kier molecular flexibility index (Phi) is 3.05. The average molecular weight is 330 g/mol. The summed E-state index contributed by atoms with van der Waals surface area (Å²) >= 11 is 1.43. The molecule has 23 heavy (non-hydrogen) atoms. The highest BCUT2D eigenvalue weighted by Crippen LogP contribution is 2.36. The van der Waals surface area contributed by atoms with E-state index in [1.807, 2.05) is 30.7 Å². The van der Waals surface area contributed by atoms with Crippen molar-refractivity contribution in [3.8, 4) is 11.5 Å². The molecule has 0 N–H and O–H groups in total. The molecule has 0 radical (unpaired) electrons. The van der Waals surface area contributed by atoms with E-state index in [1.54, 1.807) is 13.0 Å². The number of carbonyl (C=O) groups is 1. The van der Waals surface area contributed by atoms with Crippen molar-refractivity contribution < 1.29 is 18.7 Å². The van der Waals surface area contributed by atoms with Crippen LogP contribution in [-0.2, 0) is 7.05 Å². The van der Waals surface area contributed by atoms with Gasteiger partial charge < -0.3 is 18.5 Å². The minimum absolute atomic E-state index is 0.241. The number of furan rings is 1. The van der Waals surface area contributed by atoms with Gasteiger partial charge in [0.15, 0.2) is 16.3 Å². The third kappa shape index (κ3) is 2.24. The number of ether oxygens (including phenoxy) is 2. The van der Waals surface area contributed by atoms with Gasteiger partial charge in [-0.25, -0.2) is 0 Å². The van der Waals surface area contributed by atoms with Crippen molar-refractivity contribution in [3.05, 3.63) is 40.1 Å². The first-order chi connectivity index (χ1) is 11.0. The van der Waals surface area contributed by atoms with Crippen molar-refractivity contribution in [3.63, 3.8) is 0 Å². The van der Waals surface area contributed by atoms with Crippen LogP contribution < -0.4 is 14.3 Å². The van der Waals surface area contributed by atoms with Crippen LogP contribution in [0.3, 0.4) is 0 Å². The zero-order valence-electron chi connectivity index (χ0n) is 12.9. The summed E-state index contributed by atoms with van der Waals surface area (Å²) in [5, 5.41) is 0. The Morgan fingerprint density at radius 3 is 2.65 bits per heavy atom. The van der Waals surface area contributed by atoms with E-state index in [-0.39, 0.29) is 12.7 Å². The zero-order chi connectivity index (χ0) is 16.1. The molecule has 0 atom stereocenters. The SMILES string of the molecule is Cc1cc(C(=O)N=c2sc3cc4c(cc3n2C)OCO4)c(C)o1. The van der Waals surface area contributed by atoms with Crippen molar-refractivity contribution in [2.24, 2.45) is 12.0 Å². The third-order valence-corrected chi connectivity index (χ3v) is 4.87.